The molecule has 11 heteroatoms. The number of hydrogen-bond acceptors (Lipinski definition) is 7. The zero-order chi connectivity index (χ0) is 30.6. The minimum atomic E-state index is -1.52. The van der Waals surface area contributed by atoms with E-state index in [1.165, 1.54) is 19.1 Å². The third-order valence-electron chi connectivity index (χ3n) is 6.60. The highest BCUT2D eigenvalue weighted by molar-refractivity contribution is 5.94. The Morgan fingerprint density at radius 2 is 1.14 bits per heavy atom. The first-order valence-corrected chi connectivity index (χ1v) is 13.5. The number of aromatic hydroxyl groups is 1. The molecule has 0 spiro atoms. The van der Waals surface area contributed by atoms with Crippen LogP contribution in [0.25, 0.3) is 0 Å². The lowest BCUT2D eigenvalue weighted by Crippen LogP contribution is -2.60. The van der Waals surface area contributed by atoms with Gasteiger partial charge in [-0.2, -0.15) is 0 Å². The molecule has 0 heterocycles. The van der Waals surface area contributed by atoms with E-state index in [-0.39, 0.29) is 25.0 Å². The normalized spacial score (nSPS) is 14.5. The van der Waals surface area contributed by atoms with Crippen molar-refractivity contribution in [2.75, 3.05) is 0 Å². The second-order valence-corrected chi connectivity index (χ2v) is 10.0. The molecule has 42 heavy (non-hydrogen) atoms. The molecule has 3 aromatic carbocycles. The van der Waals surface area contributed by atoms with Crippen molar-refractivity contribution < 1.29 is 34.5 Å². The van der Waals surface area contributed by atoms with Crippen molar-refractivity contribution in [3.05, 3.63) is 102 Å². The Bertz CT molecular complexity index is 1330. The molecular formula is C31H36N4O7. The average Bonchev–Trinajstić information content (AvgIpc) is 2.96. The smallest absolute Gasteiger partial charge is 0.326 e. The second-order valence-electron chi connectivity index (χ2n) is 10.0. The van der Waals surface area contributed by atoms with Gasteiger partial charge < -0.3 is 37.0 Å². The van der Waals surface area contributed by atoms with Crippen molar-refractivity contribution in [2.45, 2.75) is 56.5 Å². The topological polar surface area (TPSA) is 191 Å². The summed E-state index contributed by atoms with van der Waals surface area (Å²) in [5.41, 5.74) is 8.21. The summed E-state index contributed by atoms with van der Waals surface area (Å²) >= 11 is 0. The molecule has 8 N–H and O–H groups in total. The van der Waals surface area contributed by atoms with Crippen molar-refractivity contribution in [2.24, 2.45) is 5.73 Å². The maximum Gasteiger partial charge on any atom is 0.326 e. The summed E-state index contributed by atoms with van der Waals surface area (Å²) in [4.78, 5) is 51.4. The summed E-state index contributed by atoms with van der Waals surface area (Å²) < 4.78 is 0. The van der Waals surface area contributed by atoms with Crippen LogP contribution in [0.1, 0.15) is 23.6 Å². The molecule has 3 rings (SSSR count). The van der Waals surface area contributed by atoms with E-state index in [9.17, 15) is 34.5 Å². The molecular weight excluding hydrogens is 540 g/mol. The first-order chi connectivity index (χ1) is 20.0. The zero-order valence-electron chi connectivity index (χ0n) is 23.1. The molecule has 5 unspecified atom stereocenters. The standard InChI is InChI=1S/C31H36N4O7/c1-19(36)27(30(40)34-26(31(41)42)18-21-10-6-3-7-11-21)35-29(39)25(17-22-12-14-23(37)15-13-22)33-28(38)24(32)16-20-8-4-2-5-9-20/h2-15,19,24-27,36-37H,16-18,32H2,1H3,(H,33,38)(H,34,40)(H,35,39)(H,41,42). The van der Waals surface area contributed by atoms with E-state index in [2.05, 4.69) is 16.0 Å². The van der Waals surface area contributed by atoms with Gasteiger partial charge >= 0.3 is 5.97 Å². The monoisotopic (exact) mass is 576 g/mol. The van der Waals surface area contributed by atoms with Gasteiger partial charge in [-0.3, -0.25) is 14.4 Å². The molecule has 0 bridgehead atoms. The summed E-state index contributed by atoms with van der Waals surface area (Å²) in [5, 5.41) is 37.1. The number of aliphatic carboxylic acids is 1. The number of aliphatic hydroxyl groups excluding tert-OH is 1. The number of benzene rings is 3. The van der Waals surface area contributed by atoms with E-state index in [4.69, 9.17) is 5.73 Å². The van der Waals surface area contributed by atoms with Crippen LogP contribution < -0.4 is 21.7 Å². The van der Waals surface area contributed by atoms with Crippen molar-refractivity contribution >= 4 is 23.7 Å². The third-order valence-corrected chi connectivity index (χ3v) is 6.60. The molecule has 3 aromatic rings. The lowest BCUT2D eigenvalue weighted by atomic mass is 10.0. The van der Waals surface area contributed by atoms with Crippen LogP contribution in [-0.4, -0.2) is 69.3 Å². The largest absolute Gasteiger partial charge is 0.508 e. The van der Waals surface area contributed by atoms with Crippen molar-refractivity contribution in [1.82, 2.24) is 16.0 Å². The molecule has 0 radical (unpaired) electrons. The Balaban J connectivity index is 1.75. The molecule has 0 fully saturated rings. The van der Waals surface area contributed by atoms with Crippen LogP contribution >= 0.6 is 0 Å². The Kier molecular flexibility index (Phi) is 11.6. The van der Waals surface area contributed by atoms with Gasteiger partial charge in [0.1, 0.15) is 23.9 Å². The minimum Gasteiger partial charge on any atom is -0.508 e. The summed E-state index contributed by atoms with van der Waals surface area (Å²) in [5.74, 6) is -3.57. The highest BCUT2D eigenvalue weighted by atomic mass is 16.4. The lowest BCUT2D eigenvalue weighted by Gasteiger charge is -2.26. The lowest BCUT2D eigenvalue weighted by molar-refractivity contribution is -0.143. The van der Waals surface area contributed by atoms with Gasteiger partial charge in [0.2, 0.25) is 17.7 Å². The van der Waals surface area contributed by atoms with E-state index < -0.39 is 54.0 Å². The van der Waals surface area contributed by atoms with Gasteiger partial charge in [0.25, 0.3) is 0 Å². The van der Waals surface area contributed by atoms with Gasteiger partial charge in [-0.25, -0.2) is 4.79 Å². The van der Waals surface area contributed by atoms with E-state index >= 15 is 0 Å². The fraction of sp³-hybridized carbons (Fsp3) is 0.290. The minimum absolute atomic E-state index is 0.0127. The molecule has 5 atom stereocenters. The number of hydrogen-bond donors (Lipinski definition) is 7. The molecule has 0 saturated heterocycles. The quantitative estimate of drug-likeness (QED) is 0.146. The molecule has 222 valence electrons. The van der Waals surface area contributed by atoms with Crippen LogP contribution in [0.2, 0.25) is 0 Å². The maximum absolute atomic E-state index is 13.4. The van der Waals surface area contributed by atoms with Gasteiger partial charge in [0, 0.05) is 12.8 Å². The van der Waals surface area contributed by atoms with Crippen LogP contribution in [0.5, 0.6) is 5.75 Å². The van der Waals surface area contributed by atoms with E-state index in [0.29, 0.717) is 11.1 Å². The molecule has 0 aromatic heterocycles. The summed E-state index contributed by atoms with van der Waals surface area (Å²) in [6.45, 7) is 1.28. The molecule has 11 nitrogen and oxygen atoms in total. The Labute approximate surface area is 243 Å². The maximum atomic E-state index is 13.4. The highest BCUT2D eigenvalue weighted by Crippen LogP contribution is 2.13. The first kappa shape index (κ1) is 31.8. The Morgan fingerprint density at radius 1 is 0.667 bits per heavy atom. The predicted molar refractivity (Wildman–Crippen MR) is 155 cm³/mol. The van der Waals surface area contributed by atoms with Crippen LogP contribution in [0.15, 0.2) is 84.9 Å². The average molecular weight is 577 g/mol. The number of nitrogens with two attached hydrogens (primary N) is 1. The van der Waals surface area contributed by atoms with Crippen LogP contribution in [0, 0.1) is 0 Å². The van der Waals surface area contributed by atoms with Gasteiger partial charge in [0.05, 0.1) is 12.1 Å². The summed E-state index contributed by atoms with van der Waals surface area (Å²) in [7, 11) is 0. The number of carbonyl (C=O) groups excluding carboxylic acids is 3. The van der Waals surface area contributed by atoms with Crippen LogP contribution in [0.3, 0.4) is 0 Å². The molecule has 0 aliphatic heterocycles. The number of carbonyl (C=O) groups is 4. The number of carboxylic acids is 1. The second kappa shape index (κ2) is 15.3. The molecule has 0 aliphatic carbocycles. The third kappa shape index (κ3) is 9.72. The van der Waals surface area contributed by atoms with Gasteiger partial charge in [-0.05, 0) is 42.2 Å². The summed E-state index contributed by atoms with van der Waals surface area (Å²) in [6.07, 6.45) is -1.21. The Hall–Kier alpha value is -4.74. The SMILES string of the molecule is CC(O)C(NC(=O)C(Cc1ccc(O)cc1)NC(=O)C(N)Cc1ccccc1)C(=O)NC(Cc1ccccc1)C(=O)O. The molecule has 3 amide bonds. The molecule has 0 saturated carbocycles. The number of aliphatic hydroxyl groups is 1. The van der Waals surface area contributed by atoms with E-state index in [1.54, 1.807) is 42.5 Å². The van der Waals surface area contributed by atoms with E-state index in [1.807, 2.05) is 30.3 Å². The zero-order valence-corrected chi connectivity index (χ0v) is 23.1. The Morgan fingerprint density at radius 3 is 1.67 bits per heavy atom. The fourth-order valence-corrected chi connectivity index (χ4v) is 4.29. The van der Waals surface area contributed by atoms with Crippen molar-refractivity contribution in [3.8, 4) is 5.75 Å². The number of phenolic OH excluding ortho intramolecular Hbond substituents is 1. The van der Waals surface area contributed by atoms with Gasteiger partial charge in [-0.15, -0.1) is 0 Å². The number of nitrogens with one attached hydrogen (secondary N) is 3. The first-order valence-electron chi connectivity index (χ1n) is 13.5. The van der Waals surface area contributed by atoms with Crippen molar-refractivity contribution in [1.29, 1.82) is 0 Å². The van der Waals surface area contributed by atoms with Gasteiger partial charge in [0.15, 0.2) is 0 Å². The number of phenols is 1. The van der Waals surface area contributed by atoms with Gasteiger partial charge in [-0.1, -0.05) is 72.8 Å². The van der Waals surface area contributed by atoms with Crippen LogP contribution in [-0.2, 0) is 38.4 Å². The number of carboxylic acid groups (broad SMARTS) is 1. The van der Waals surface area contributed by atoms with Crippen LogP contribution in [0.4, 0.5) is 0 Å². The fourth-order valence-electron chi connectivity index (χ4n) is 4.29. The summed E-state index contributed by atoms with van der Waals surface area (Å²) in [6, 6.07) is 18.8. The van der Waals surface area contributed by atoms with Crippen molar-refractivity contribution in [3.63, 3.8) is 0 Å². The number of amides is 3. The van der Waals surface area contributed by atoms with E-state index in [0.717, 1.165) is 5.56 Å². The number of rotatable bonds is 14. The highest BCUT2D eigenvalue weighted by Gasteiger charge is 2.33. The molecule has 0 aliphatic rings. The predicted octanol–water partition coefficient (Wildman–Crippen LogP) is 0.667.